The van der Waals surface area contributed by atoms with Crippen molar-refractivity contribution < 1.29 is 9.53 Å². The van der Waals surface area contributed by atoms with Crippen LogP contribution in [0.2, 0.25) is 0 Å². The highest BCUT2D eigenvalue weighted by atomic mass is 16.5. The number of rotatable bonds is 4. The molecule has 1 aromatic heterocycles. The van der Waals surface area contributed by atoms with Crippen LogP contribution in [0.5, 0.6) is 5.75 Å². The fourth-order valence-corrected chi connectivity index (χ4v) is 3.58. The molecule has 0 bridgehead atoms. The zero-order chi connectivity index (χ0) is 18.8. The van der Waals surface area contributed by atoms with Crippen molar-refractivity contribution in [2.75, 3.05) is 30.4 Å². The molecule has 1 amide bonds. The molecule has 5 nitrogen and oxygen atoms in total. The van der Waals surface area contributed by atoms with E-state index >= 15 is 0 Å². The van der Waals surface area contributed by atoms with E-state index in [4.69, 9.17) is 4.74 Å². The number of carbonyl (C=O) groups excluding carboxylic acids is 1. The summed E-state index contributed by atoms with van der Waals surface area (Å²) in [7, 11) is 1.61. The number of benzene rings is 2. The van der Waals surface area contributed by atoms with Gasteiger partial charge in [0.2, 0.25) is 0 Å². The van der Waals surface area contributed by atoms with Gasteiger partial charge in [0.05, 0.1) is 12.6 Å². The molecule has 4 rings (SSSR count). The first-order valence-corrected chi connectivity index (χ1v) is 9.26. The van der Waals surface area contributed by atoms with Crippen LogP contribution in [0.3, 0.4) is 0 Å². The van der Waals surface area contributed by atoms with Gasteiger partial charge in [-0.05, 0) is 68.3 Å². The third kappa shape index (κ3) is 3.58. The number of anilines is 2. The first kappa shape index (κ1) is 17.3. The molecule has 1 fully saturated rings. The third-order valence-corrected chi connectivity index (χ3v) is 4.97. The Morgan fingerprint density at radius 2 is 1.81 bits per heavy atom. The highest BCUT2D eigenvalue weighted by molar-refractivity contribution is 6.05. The molecule has 2 heterocycles. The van der Waals surface area contributed by atoms with E-state index in [1.165, 1.54) is 18.5 Å². The van der Waals surface area contributed by atoms with E-state index in [2.05, 4.69) is 27.3 Å². The van der Waals surface area contributed by atoms with Crippen molar-refractivity contribution in [1.82, 2.24) is 4.98 Å². The van der Waals surface area contributed by atoms with Crippen molar-refractivity contribution in [3.8, 4) is 5.75 Å². The Bertz CT molecular complexity index is 977. The van der Waals surface area contributed by atoms with Gasteiger partial charge >= 0.3 is 0 Å². The summed E-state index contributed by atoms with van der Waals surface area (Å²) in [6, 6.07) is 15.2. The van der Waals surface area contributed by atoms with Crippen LogP contribution in [0.25, 0.3) is 10.9 Å². The Labute approximate surface area is 159 Å². The zero-order valence-electron chi connectivity index (χ0n) is 15.7. The second-order valence-electron chi connectivity index (χ2n) is 6.89. The van der Waals surface area contributed by atoms with Gasteiger partial charge in [-0.25, -0.2) is 0 Å². The second-order valence-corrected chi connectivity index (χ2v) is 6.89. The minimum Gasteiger partial charge on any atom is -0.497 e. The topological polar surface area (TPSA) is 54.5 Å². The Balaban J connectivity index is 1.62. The fraction of sp³-hybridized carbons (Fsp3) is 0.273. The molecule has 1 N–H and O–H groups in total. The normalized spacial score (nSPS) is 13.8. The Morgan fingerprint density at radius 3 is 2.52 bits per heavy atom. The van der Waals surface area contributed by atoms with Crippen molar-refractivity contribution in [2.45, 2.75) is 19.8 Å². The number of ether oxygens (including phenoxy) is 1. The number of fused-ring (bicyclic) bond motifs is 1. The molecular weight excluding hydrogens is 338 g/mol. The van der Waals surface area contributed by atoms with Crippen LogP contribution in [-0.4, -0.2) is 31.1 Å². The molecule has 0 saturated carbocycles. The number of methoxy groups -OCH3 is 1. The maximum atomic E-state index is 12.5. The zero-order valence-corrected chi connectivity index (χ0v) is 15.7. The monoisotopic (exact) mass is 361 g/mol. The Kier molecular flexibility index (Phi) is 4.67. The molecule has 1 aliphatic rings. The standard InChI is InChI=1S/C22H23N3O2/c1-15-13-21(25-11-3-4-12-25)19-10-7-17(14-20(19)23-15)24-22(26)16-5-8-18(27-2)9-6-16/h5-10,13-14H,3-4,11-12H2,1-2H3,(H,24,26). The van der Waals surface area contributed by atoms with Crippen LogP contribution in [0.4, 0.5) is 11.4 Å². The van der Waals surface area contributed by atoms with Crippen LogP contribution in [0, 0.1) is 6.92 Å². The molecule has 1 aliphatic heterocycles. The summed E-state index contributed by atoms with van der Waals surface area (Å²) in [5.74, 6) is 0.579. The van der Waals surface area contributed by atoms with Gasteiger partial charge in [-0.3, -0.25) is 9.78 Å². The minimum absolute atomic E-state index is 0.149. The number of aromatic nitrogens is 1. The molecule has 138 valence electrons. The average Bonchev–Trinajstić information content (AvgIpc) is 3.21. The van der Waals surface area contributed by atoms with E-state index in [0.717, 1.165) is 41.1 Å². The number of aryl methyl sites for hydroxylation is 1. The van der Waals surface area contributed by atoms with Crippen LogP contribution in [0.15, 0.2) is 48.5 Å². The number of nitrogens with zero attached hydrogens (tertiary/aromatic N) is 2. The van der Waals surface area contributed by atoms with Crippen molar-refractivity contribution in [2.24, 2.45) is 0 Å². The van der Waals surface area contributed by atoms with Gasteiger partial charge in [0.1, 0.15) is 5.75 Å². The second kappa shape index (κ2) is 7.27. The van der Waals surface area contributed by atoms with Gasteiger partial charge in [0, 0.05) is 41.1 Å². The van der Waals surface area contributed by atoms with E-state index < -0.39 is 0 Å². The van der Waals surface area contributed by atoms with E-state index in [-0.39, 0.29) is 5.91 Å². The number of amides is 1. The van der Waals surface area contributed by atoms with Gasteiger partial charge in [-0.1, -0.05) is 0 Å². The van der Waals surface area contributed by atoms with Gasteiger partial charge in [0.25, 0.3) is 5.91 Å². The van der Waals surface area contributed by atoms with E-state index in [1.807, 2.05) is 19.1 Å². The molecule has 0 atom stereocenters. The number of hydrogen-bond acceptors (Lipinski definition) is 4. The molecule has 0 aliphatic carbocycles. The number of carbonyl (C=O) groups is 1. The summed E-state index contributed by atoms with van der Waals surface area (Å²) in [5.41, 5.74) is 4.47. The summed E-state index contributed by atoms with van der Waals surface area (Å²) in [4.78, 5) is 19.6. The smallest absolute Gasteiger partial charge is 0.255 e. The summed E-state index contributed by atoms with van der Waals surface area (Å²) >= 11 is 0. The van der Waals surface area contributed by atoms with E-state index in [1.54, 1.807) is 31.4 Å². The van der Waals surface area contributed by atoms with Crippen LogP contribution in [-0.2, 0) is 0 Å². The first-order chi connectivity index (χ1) is 13.1. The van der Waals surface area contributed by atoms with Crippen molar-refractivity contribution in [3.05, 3.63) is 59.8 Å². The molecule has 2 aromatic carbocycles. The number of hydrogen-bond donors (Lipinski definition) is 1. The van der Waals surface area contributed by atoms with Crippen LogP contribution in [0.1, 0.15) is 28.9 Å². The van der Waals surface area contributed by atoms with Gasteiger partial charge < -0.3 is 15.0 Å². The third-order valence-electron chi connectivity index (χ3n) is 4.97. The molecule has 1 saturated heterocycles. The number of nitrogens with one attached hydrogen (secondary N) is 1. The van der Waals surface area contributed by atoms with E-state index in [9.17, 15) is 4.79 Å². The molecule has 5 heteroatoms. The lowest BCUT2D eigenvalue weighted by Gasteiger charge is -2.20. The molecule has 0 radical (unpaired) electrons. The number of pyridine rings is 1. The van der Waals surface area contributed by atoms with Crippen molar-refractivity contribution >= 4 is 28.2 Å². The van der Waals surface area contributed by atoms with Gasteiger partial charge in [0.15, 0.2) is 0 Å². The molecule has 27 heavy (non-hydrogen) atoms. The lowest BCUT2D eigenvalue weighted by Crippen LogP contribution is -2.18. The Hall–Kier alpha value is -3.08. The predicted molar refractivity (Wildman–Crippen MR) is 109 cm³/mol. The summed E-state index contributed by atoms with van der Waals surface area (Å²) < 4.78 is 5.14. The fourth-order valence-electron chi connectivity index (χ4n) is 3.58. The Morgan fingerprint density at radius 1 is 1.07 bits per heavy atom. The lowest BCUT2D eigenvalue weighted by atomic mass is 10.1. The predicted octanol–water partition coefficient (Wildman–Crippen LogP) is 4.40. The molecular formula is C22H23N3O2. The molecule has 3 aromatic rings. The highest BCUT2D eigenvalue weighted by Gasteiger charge is 2.16. The van der Waals surface area contributed by atoms with Crippen LogP contribution < -0.4 is 15.0 Å². The SMILES string of the molecule is COc1ccc(C(=O)Nc2ccc3c(N4CCCC4)cc(C)nc3c2)cc1. The maximum Gasteiger partial charge on any atom is 0.255 e. The highest BCUT2D eigenvalue weighted by Crippen LogP contribution is 2.31. The quantitative estimate of drug-likeness (QED) is 0.748. The van der Waals surface area contributed by atoms with Crippen molar-refractivity contribution in [1.29, 1.82) is 0 Å². The molecule has 0 unspecified atom stereocenters. The van der Waals surface area contributed by atoms with Gasteiger partial charge in [-0.15, -0.1) is 0 Å². The summed E-state index contributed by atoms with van der Waals surface area (Å²) in [5, 5.41) is 4.09. The maximum absolute atomic E-state index is 12.5. The van der Waals surface area contributed by atoms with Crippen LogP contribution >= 0.6 is 0 Å². The minimum atomic E-state index is -0.149. The summed E-state index contributed by atoms with van der Waals surface area (Å²) in [6.45, 7) is 4.20. The average molecular weight is 361 g/mol. The summed E-state index contributed by atoms with van der Waals surface area (Å²) in [6.07, 6.45) is 2.47. The van der Waals surface area contributed by atoms with Gasteiger partial charge in [-0.2, -0.15) is 0 Å². The first-order valence-electron chi connectivity index (χ1n) is 9.26. The van der Waals surface area contributed by atoms with E-state index in [0.29, 0.717) is 5.56 Å². The largest absolute Gasteiger partial charge is 0.497 e. The lowest BCUT2D eigenvalue weighted by molar-refractivity contribution is 0.102. The molecule has 0 spiro atoms. The van der Waals surface area contributed by atoms with Crippen molar-refractivity contribution in [3.63, 3.8) is 0 Å².